The molecule has 4 nitrogen and oxygen atoms in total. The van der Waals surface area contributed by atoms with E-state index >= 15 is 0 Å². The van der Waals surface area contributed by atoms with Crippen LogP contribution in [-0.4, -0.2) is 30.8 Å². The summed E-state index contributed by atoms with van der Waals surface area (Å²) in [5.74, 6) is 1.33. The maximum atomic E-state index is 5.94. The van der Waals surface area contributed by atoms with E-state index in [9.17, 15) is 0 Å². The monoisotopic (exact) mass is 342 g/mol. The molecule has 0 bridgehead atoms. The molecule has 0 spiro atoms. The van der Waals surface area contributed by atoms with Crippen LogP contribution in [0.15, 0.2) is 16.7 Å². The number of hydrogen-bond acceptors (Lipinski definition) is 4. The Labute approximate surface area is 129 Å². The number of ether oxygens (including phenoxy) is 2. The Morgan fingerprint density at radius 1 is 1.45 bits per heavy atom. The first-order valence-corrected chi connectivity index (χ1v) is 8.03. The molecule has 1 N–H and O–H groups in total. The molecule has 0 unspecified atom stereocenters. The molecule has 1 aliphatic rings. The second-order valence-corrected chi connectivity index (χ2v) is 6.44. The topological polar surface area (TPSA) is 43.4 Å². The Morgan fingerprint density at radius 3 is 2.90 bits per heavy atom. The van der Waals surface area contributed by atoms with Gasteiger partial charge in [0.25, 0.3) is 0 Å². The first-order chi connectivity index (χ1) is 9.65. The van der Waals surface area contributed by atoms with E-state index in [1.54, 1.807) is 6.20 Å². The lowest BCUT2D eigenvalue weighted by Crippen LogP contribution is -2.24. The molecule has 0 atom stereocenters. The largest absolute Gasteiger partial charge is 0.477 e. The van der Waals surface area contributed by atoms with Crippen molar-refractivity contribution < 1.29 is 9.47 Å². The molecule has 0 radical (unpaired) electrons. The van der Waals surface area contributed by atoms with Crippen LogP contribution in [0, 0.1) is 5.92 Å². The van der Waals surface area contributed by atoms with Crippen molar-refractivity contribution in [3.8, 4) is 5.88 Å². The molecular formula is C15H23BrN2O2. The highest BCUT2D eigenvalue weighted by Crippen LogP contribution is 2.22. The van der Waals surface area contributed by atoms with Crippen molar-refractivity contribution in [2.45, 2.75) is 39.3 Å². The fourth-order valence-electron chi connectivity index (χ4n) is 2.15. The minimum absolute atomic E-state index is 0.442. The van der Waals surface area contributed by atoms with Crippen LogP contribution < -0.4 is 10.1 Å². The standard InChI is InChI=1S/C15H23BrN2O2/c1-11(2)17-8-13-7-14(16)9-18-15(13)20-10-12-3-5-19-6-4-12/h7,9,11-12,17H,3-6,8,10H2,1-2H3. The van der Waals surface area contributed by atoms with Crippen molar-refractivity contribution in [1.82, 2.24) is 10.3 Å². The van der Waals surface area contributed by atoms with E-state index in [0.717, 1.165) is 55.1 Å². The van der Waals surface area contributed by atoms with E-state index < -0.39 is 0 Å². The Balaban J connectivity index is 1.94. The maximum absolute atomic E-state index is 5.94. The van der Waals surface area contributed by atoms with E-state index in [1.807, 2.05) is 0 Å². The normalized spacial score (nSPS) is 16.6. The Hall–Kier alpha value is -0.650. The number of nitrogens with zero attached hydrogens (tertiary/aromatic N) is 1. The lowest BCUT2D eigenvalue weighted by molar-refractivity contribution is 0.0488. The fraction of sp³-hybridized carbons (Fsp3) is 0.667. The summed E-state index contributed by atoms with van der Waals surface area (Å²) >= 11 is 3.47. The smallest absolute Gasteiger partial charge is 0.217 e. The number of aromatic nitrogens is 1. The summed E-state index contributed by atoms with van der Waals surface area (Å²) < 4.78 is 12.3. The van der Waals surface area contributed by atoms with E-state index in [0.29, 0.717) is 12.0 Å². The number of hydrogen-bond donors (Lipinski definition) is 1. The summed E-state index contributed by atoms with van der Waals surface area (Å²) in [6.45, 7) is 7.47. The van der Waals surface area contributed by atoms with Gasteiger partial charge in [-0.25, -0.2) is 4.98 Å². The van der Waals surface area contributed by atoms with Gasteiger partial charge in [0.1, 0.15) is 0 Å². The van der Waals surface area contributed by atoms with Gasteiger partial charge in [-0.3, -0.25) is 0 Å². The average Bonchev–Trinajstić information content (AvgIpc) is 2.45. The molecule has 2 heterocycles. The SMILES string of the molecule is CC(C)NCc1cc(Br)cnc1OCC1CCOCC1. The lowest BCUT2D eigenvalue weighted by atomic mass is 10.0. The van der Waals surface area contributed by atoms with E-state index in [1.165, 1.54) is 0 Å². The highest BCUT2D eigenvalue weighted by atomic mass is 79.9. The lowest BCUT2D eigenvalue weighted by Gasteiger charge is -2.22. The van der Waals surface area contributed by atoms with Gasteiger partial charge in [0.15, 0.2) is 0 Å². The van der Waals surface area contributed by atoms with E-state index in [2.05, 4.69) is 46.1 Å². The highest BCUT2D eigenvalue weighted by molar-refractivity contribution is 9.10. The van der Waals surface area contributed by atoms with E-state index in [4.69, 9.17) is 9.47 Å². The summed E-state index contributed by atoms with van der Waals surface area (Å²) in [5.41, 5.74) is 1.10. The number of rotatable bonds is 6. The van der Waals surface area contributed by atoms with Crippen molar-refractivity contribution in [2.24, 2.45) is 5.92 Å². The van der Waals surface area contributed by atoms with Crippen LogP contribution >= 0.6 is 15.9 Å². The second-order valence-electron chi connectivity index (χ2n) is 5.52. The van der Waals surface area contributed by atoms with Gasteiger partial charge >= 0.3 is 0 Å². The zero-order chi connectivity index (χ0) is 14.4. The molecule has 5 heteroatoms. The molecule has 0 aromatic carbocycles. The van der Waals surface area contributed by atoms with Crippen LogP contribution in [0.4, 0.5) is 0 Å². The third-order valence-electron chi connectivity index (χ3n) is 3.39. The molecule has 20 heavy (non-hydrogen) atoms. The van der Waals surface area contributed by atoms with Crippen LogP contribution in [-0.2, 0) is 11.3 Å². The second kappa shape index (κ2) is 7.96. The van der Waals surface area contributed by atoms with Crippen molar-refractivity contribution in [3.05, 3.63) is 22.3 Å². The third-order valence-corrected chi connectivity index (χ3v) is 3.82. The van der Waals surface area contributed by atoms with Gasteiger partial charge in [0, 0.05) is 42.0 Å². The molecule has 1 aromatic heterocycles. The van der Waals surface area contributed by atoms with Crippen LogP contribution in [0.25, 0.3) is 0 Å². The molecule has 0 aliphatic carbocycles. The van der Waals surface area contributed by atoms with Gasteiger partial charge in [-0.2, -0.15) is 0 Å². The summed E-state index contributed by atoms with van der Waals surface area (Å²) in [7, 11) is 0. The van der Waals surface area contributed by atoms with Crippen LogP contribution in [0.3, 0.4) is 0 Å². The summed E-state index contributed by atoms with van der Waals surface area (Å²) in [5, 5.41) is 3.41. The number of nitrogens with one attached hydrogen (secondary N) is 1. The number of halogens is 1. The molecular weight excluding hydrogens is 320 g/mol. The van der Waals surface area contributed by atoms with Gasteiger partial charge in [-0.1, -0.05) is 13.8 Å². The predicted molar refractivity (Wildman–Crippen MR) is 83.0 cm³/mol. The van der Waals surface area contributed by atoms with Crippen molar-refractivity contribution in [2.75, 3.05) is 19.8 Å². The van der Waals surface area contributed by atoms with Gasteiger partial charge in [-0.05, 0) is 40.8 Å². The Kier molecular flexibility index (Phi) is 6.26. The Morgan fingerprint density at radius 2 is 2.20 bits per heavy atom. The number of pyridine rings is 1. The van der Waals surface area contributed by atoms with Gasteiger partial charge in [0.2, 0.25) is 5.88 Å². The van der Waals surface area contributed by atoms with Crippen molar-refractivity contribution >= 4 is 15.9 Å². The Bertz CT molecular complexity index is 420. The molecule has 2 rings (SSSR count). The average molecular weight is 343 g/mol. The molecule has 0 amide bonds. The zero-order valence-corrected chi connectivity index (χ0v) is 13.8. The van der Waals surface area contributed by atoms with Crippen LogP contribution in [0.1, 0.15) is 32.3 Å². The quantitative estimate of drug-likeness (QED) is 0.862. The molecule has 1 aliphatic heterocycles. The van der Waals surface area contributed by atoms with E-state index in [-0.39, 0.29) is 0 Å². The van der Waals surface area contributed by atoms with Crippen molar-refractivity contribution in [1.29, 1.82) is 0 Å². The van der Waals surface area contributed by atoms with Crippen LogP contribution in [0.2, 0.25) is 0 Å². The van der Waals surface area contributed by atoms with Crippen LogP contribution in [0.5, 0.6) is 5.88 Å². The maximum Gasteiger partial charge on any atom is 0.217 e. The highest BCUT2D eigenvalue weighted by Gasteiger charge is 2.16. The van der Waals surface area contributed by atoms with Gasteiger partial charge in [-0.15, -0.1) is 0 Å². The first kappa shape index (κ1) is 15.7. The zero-order valence-electron chi connectivity index (χ0n) is 12.2. The molecule has 1 saturated heterocycles. The summed E-state index contributed by atoms with van der Waals surface area (Å²) in [6.07, 6.45) is 3.95. The van der Waals surface area contributed by atoms with Gasteiger partial charge < -0.3 is 14.8 Å². The minimum atomic E-state index is 0.442. The molecule has 0 saturated carbocycles. The molecule has 112 valence electrons. The first-order valence-electron chi connectivity index (χ1n) is 7.23. The molecule has 1 aromatic rings. The minimum Gasteiger partial charge on any atom is -0.477 e. The molecule has 1 fully saturated rings. The summed E-state index contributed by atoms with van der Waals surface area (Å²) in [6, 6.07) is 2.51. The van der Waals surface area contributed by atoms with Crippen molar-refractivity contribution in [3.63, 3.8) is 0 Å². The predicted octanol–water partition coefficient (Wildman–Crippen LogP) is 3.15. The summed E-state index contributed by atoms with van der Waals surface area (Å²) in [4.78, 5) is 4.40. The fourth-order valence-corrected chi connectivity index (χ4v) is 2.53. The third kappa shape index (κ3) is 5.04. The van der Waals surface area contributed by atoms with Gasteiger partial charge in [0.05, 0.1) is 6.61 Å².